The molecule has 0 radical (unpaired) electrons. The molecule has 0 spiro atoms. The molecule has 1 fully saturated rings. The number of nitrogens with one attached hydrogen (secondary N) is 3. The average molecular weight is 391 g/mol. The zero-order valence-electron chi connectivity index (χ0n) is 13.9. The van der Waals surface area contributed by atoms with Crippen molar-refractivity contribution >= 4 is 34.2 Å². The SMILES string of the molecule is CCNCCNC(=O)c1cccc(S(=O)(=O)N2CCNC(=O)C2)c1.Cl. The maximum atomic E-state index is 12.6. The summed E-state index contributed by atoms with van der Waals surface area (Å²) in [4.78, 5) is 23.5. The van der Waals surface area contributed by atoms with Crippen LogP contribution in [0.15, 0.2) is 29.2 Å². The van der Waals surface area contributed by atoms with Crippen molar-refractivity contribution in [1.82, 2.24) is 20.3 Å². The number of carbonyl (C=O) groups is 2. The van der Waals surface area contributed by atoms with Crippen LogP contribution in [0, 0.1) is 0 Å². The van der Waals surface area contributed by atoms with Crippen molar-refractivity contribution in [2.75, 3.05) is 39.3 Å². The van der Waals surface area contributed by atoms with Crippen molar-refractivity contribution in [3.63, 3.8) is 0 Å². The molecule has 0 unspecified atom stereocenters. The molecule has 2 amide bonds. The van der Waals surface area contributed by atoms with E-state index in [1.165, 1.54) is 18.2 Å². The van der Waals surface area contributed by atoms with E-state index in [0.717, 1.165) is 10.8 Å². The summed E-state index contributed by atoms with van der Waals surface area (Å²) < 4.78 is 26.3. The molecule has 8 nitrogen and oxygen atoms in total. The number of hydrogen-bond acceptors (Lipinski definition) is 5. The third kappa shape index (κ3) is 5.67. The molecule has 10 heteroatoms. The summed E-state index contributed by atoms with van der Waals surface area (Å²) in [5, 5.41) is 8.39. The van der Waals surface area contributed by atoms with Crippen LogP contribution in [0.5, 0.6) is 0 Å². The van der Waals surface area contributed by atoms with E-state index in [0.29, 0.717) is 13.1 Å². The van der Waals surface area contributed by atoms with Crippen molar-refractivity contribution in [2.45, 2.75) is 11.8 Å². The second-order valence-electron chi connectivity index (χ2n) is 5.33. The summed E-state index contributed by atoms with van der Waals surface area (Å²) in [6.07, 6.45) is 0. The normalized spacial score (nSPS) is 15.2. The van der Waals surface area contributed by atoms with Crippen LogP contribution >= 0.6 is 12.4 Å². The number of piperazine rings is 1. The molecule has 3 N–H and O–H groups in total. The molecule has 0 bridgehead atoms. The summed E-state index contributed by atoms with van der Waals surface area (Å²) in [6.45, 7) is 4.17. The van der Waals surface area contributed by atoms with Gasteiger partial charge in [0.15, 0.2) is 0 Å². The minimum absolute atomic E-state index is 0. The maximum Gasteiger partial charge on any atom is 0.251 e. The molecule has 1 aliphatic rings. The summed E-state index contributed by atoms with van der Waals surface area (Å²) in [7, 11) is -3.80. The van der Waals surface area contributed by atoms with Gasteiger partial charge in [-0.15, -0.1) is 12.4 Å². The molecule has 1 saturated heterocycles. The standard InChI is InChI=1S/C15H22N4O4S.ClH/c1-2-16-6-7-18-15(21)12-4-3-5-13(10-12)24(22,23)19-9-8-17-14(20)11-19;/h3-5,10,16H,2,6-9,11H2,1H3,(H,17,20)(H,18,21);1H. The van der Waals surface area contributed by atoms with Crippen LogP contribution in [0.3, 0.4) is 0 Å². The fraction of sp³-hybridized carbons (Fsp3) is 0.467. The van der Waals surface area contributed by atoms with E-state index in [4.69, 9.17) is 0 Å². The van der Waals surface area contributed by atoms with Crippen molar-refractivity contribution in [3.8, 4) is 0 Å². The molecule has 1 aromatic rings. The van der Waals surface area contributed by atoms with Gasteiger partial charge in [0.05, 0.1) is 11.4 Å². The van der Waals surface area contributed by atoms with E-state index < -0.39 is 10.0 Å². The molecule has 1 aliphatic heterocycles. The molecule has 0 aliphatic carbocycles. The largest absolute Gasteiger partial charge is 0.354 e. The van der Waals surface area contributed by atoms with Crippen LogP contribution < -0.4 is 16.0 Å². The monoisotopic (exact) mass is 390 g/mol. The molecule has 1 aromatic carbocycles. The molecule has 1 heterocycles. The Morgan fingerprint density at radius 3 is 2.76 bits per heavy atom. The van der Waals surface area contributed by atoms with Crippen LogP contribution in [-0.2, 0) is 14.8 Å². The van der Waals surface area contributed by atoms with E-state index in [1.807, 2.05) is 6.92 Å². The third-order valence-electron chi connectivity index (χ3n) is 3.57. The zero-order valence-corrected chi connectivity index (χ0v) is 15.6. The highest BCUT2D eigenvalue weighted by Gasteiger charge is 2.29. The summed E-state index contributed by atoms with van der Waals surface area (Å²) in [5.41, 5.74) is 0.272. The van der Waals surface area contributed by atoms with Crippen molar-refractivity contribution in [1.29, 1.82) is 0 Å². The van der Waals surface area contributed by atoms with E-state index >= 15 is 0 Å². The summed E-state index contributed by atoms with van der Waals surface area (Å²) in [5.74, 6) is -0.663. The summed E-state index contributed by atoms with van der Waals surface area (Å²) >= 11 is 0. The van der Waals surface area contributed by atoms with Crippen LogP contribution in [-0.4, -0.2) is 63.8 Å². The molecular weight excluding hydrogens is 368 g/mol. The van der Waals surface area contributed by atoms with Crippen LogP contribution in [0.1, 0.15) is 17.3 Å². The number of amides is 2. The first kappa shape index (κ1) is 21.4. The first-order valence-electron chi connectivity index (χ1n) is 7.81. The molecule has 0 aromatic heterocycles. The molecule has 25 heavy (non-hydrogen) atoms. The maximum absolute atomic E-state index is 12.6. The second kappa shape index (κ2) is 9.71. The first-order chi connectivity index (χ1) is 11.4. The molecule has 0 atom stereocenters. The van der Waals surface area contributed by atoms with E-state index in [2.05, 4.69) is 16.0 Å². The van der Waals surface area contributed by atoms with E-state index in [1.54, 1.807) is 6.07 Å². The van der Waals surface area contributed by atoms with Gasteiger partial charge in [0.1, 0.15) is 0 Å². The van der Waals surface area contributed by atoms with Gasteiger partial charge in [-0.1, -0.05) is 13.0 Å². The topological polar surface area (TPSA) is 108 Å². The van der Waals surface area contributed by atoms with Gasteiger partial charge in [-0.25, -0.2) is 8.42 Å². The fourth-order valence-corrected chi connectivity index (χ4v) is 3.75. The number of benzene rings is 1. The molecule has 2 rings (SSSR count). The highest BCUT2D eigenvalue weighted by Crippen LogP contribution is 2.17. The lowest BCUT2D eigenvalue weighted by molar-refractivity contribution is -0.122. The third-order valence-corrected chi connectivity index (χ3v) is 5.42. The van der Waals surface area contributed by atoms with E-state index in [9.17, 15) is 18.0 Å². The Morgan fingerprint density at radius 1 is 1.32 bits per heavy atom. The lowest BCUT2D eigenvalue weighted by Crippen LogP contribution is -2.49. The van der Waals surface area contributed by atoms with Gasteiger partial charge < -0.3 is 16.0 Å². The Hall–Kier alpha value is -1.68. The number of hydrogen-bond donors (Lipinski definition) is 3. The molecule has 140 valence electrons. The Bertz CT molecular complexity index is 711. The van der Waals surface area contributed by atoms with Gasteiger partial charge in [0.2, 0.25) is 15.9 Å². The minimum Gasteiger partial charge on any atom is -0.354 e. The minimum atomic E-state index is -3.80. The second-order valence-corrected chi connectivity index (χ2v) is 7.26. The number of likely N-dealkylation sites (N-methyl/N-ethyl adjacent to an activating group) is 1. The summed E-state index contributed by atoms with van der Waals surface area (Å²) in [6, 6.07) is 5.85. The van der Waals surface area contributed by atoms with Crippen molar-refractivity contribution in [3.05, 3.63) is 29.8 Å². The fourth-order valence-electron chi connectivity index (χ4n) is 2.31. The number of carbonyl (C=O) groups excluding carboxylic acids is 2. The van der Waals surface area contributed by atoms with Gasteiger partial charge >= 0.3 is 0 Å². The first-order valence-corrected chi connectivity index (χ1v) is 9.25. The predicted octanol–water partition coefficient (Wildman–Crippen LogP) is -0.432. The molecule has 0 saturated carbocycles. The van der Waals surface area contributed by atoms with Crippen LogP contribution in [0.2, 0.25) is 0 Å². The predicted molar refractivity (Wildman–Crippen MR) is 96.3 cm³/mol. The Labute approximate surface area is 153 Å². The quantitative estimate of drug-likeness (QED) is 0.547. The average Bonchev–Trinajstić information content (AvgIpc) is 2.58. The van der Waals surface area contributed by atoms with Crippen LogP contribution in [0.4, 0.5) is 0 Å². The number of rotatable bonds is 7. The van der Waals surface area contributed by atoms with Gasteiger partial charge in [0, 0.05) is 31.7 Å². The van der Waals surface area contributed by atoms with Crippen molar-refractivity contribution in [2.24, 2.45) is 0 Å². The number of sulfonamides is 1. The molecular formula is C15H23ClN4O4S. The Kier molecular flexibility index (Phi) is 8.30. The number of halogens is 1. The highest BCUT2D eigenvalue weighted by molar-refractivity contribution is 7.89. The van der Waals surface area contributed by atoms with Gasteiger partial charge in [-0.05, 0) is 24.7 Å². The lowest BCUT2D eigenvalue weighted by atomic mass is 10.2. The van der Waals surface area contributed by atoms with Crippen LogP contribution in [0.25, 0.3) is 0 Å². The highest BCUT2D eigenvalue weighted by atomic mass is 35.5. The smallest absolute Gasteiger partial charge is 0.251 e. The van der Waals surface area contributed by atoms with Gasteiger partial charge in [-0.2, -0.15) is 4.31 Å². The van der Waals surface area contributed by atoms with Gasteiger partial charge in [0.25, 0.3) is 5.91 Å². The van der Waals surface area contributed by atoms with Gasteiger partial charge in [-0.3, -0.25) is 9.59 Å². The lowest BCUT2D eigenvalue weighted by Gasteiger charge is -2.26. The zero-order chi connectivity index (χ0) is 17.6. The Morgan fingerprint density at radius 2 is 2.08 bits per heavy atom. The van der Waals surface area contributed by atoms with Crippen molar-refractivity contribution < 1.29 is 18.0 Å². The number of nitrogens with zero attached hydrogens (tertiary/aromatic N) is 1. The Balaban J connectivity index is 0.00000312. The van der Waals surface area contributed by atoms with E-state index in [-0.39, 0.29) is 54.3 Å².